The molecule has 3 aromatic rings. The molecule has 0 saturated heterocycles. The van der Waals surface area contributed by atoms with Crippen LogP contribution in [-0.2, 0) is 11.3 Å². The molecule has 4 rings (SSSR count). The molecule has 2 aromatic heterocycles. The lowest BCUT2D eigenvalue weighted by Crippen LogP contribution is -2.16. The zero-order valence-electron chi connectivity index (χ0n) is 18.3. The average Bonchev–Trinajstić information content (AvgIpc) is 3.47. The molecule has 0 aliphatic carbocycles. The van der Waals surface area contributed by atoms with E-state index in [0.29, 0.717) is 29.6 Å². The fourth-order valence-corrected chi connectivity index (χ4v) is 3.18. The van der Waals surface area contributed by atoms with Crippen LogP contribution < -0.4 is 15.2 Å². The van der Waals surface area contributed by atoms with Crippen molar-refractivity contribution < 1.29 is 24.1 Å². The summed E-state index contributed by atoms with van der Waals surface area (Å²) in [6, 6.07) is 9.28. The normalized spacial score (nSPS) is 16.1. The molecule has 0 bridgehead atoms. The maximum Gasteiger partial charge on any atom is 0.268 e. The van der Waals surface area contributed by atoms with Crippen molar-refractivity contribution in [1.82, 2.24) is 15.0 Å². The van der Waals surface area contributed by atoms with Crippen LogP contribution in [0.15, 0.2) is 47.7 Å². The van der Waals surface area contributed by atoms with Crippen LogP contribution in [0.1, 0.15) is 35.7 Å². The van der Waals surface area contributed by atoms with Crippen LogP contribution in [0.25, 0.3) is 11.3 Å². The van der Waals surface area contributed by atoms with Crippen LogP contribution in [0, 0.1) is 0 Å². The van der Waals surface area contributed by atoms with Crippen LogP contribution in [-0.4, -0.2) is 57.2 Å². The number of benzene rings is 1. The van der Waals surface area contributed by atoms with E-state index in [9.17, 15) is 9.90 Å². The second-order valence-corrected chi connectivity index (χ2v) is 7.71. The number of carbonyl (C=O) groups is 1. The molecule has 0 saturated carbocycles. The minimum absolute atomic E-state index is 0.0589. The lowest BCUT2D eigenvalue weighted by atomic mass is 10.1. The zero-order chi connectivity index (χ0) is 23.4. The van der Waals surface area contributed by atoms with Gasteiger partial charge in [-0.15, -0.1) is 0 Å². The Morgan fingerprint density at radius 2 is 2.03 bits per heavy atom. The lowest BCUT2D eigenvalue weighted by Gasteiger charge is -2.15. The summed E-state index contributed by atoms with van der Waals surface area (Å²) >= 11 is 0. The van der Waals surface area contributed by atoms with Gasteiger partial charge in [0.25, 0.3) is 5.91 Å². The van der Waals surface area contributed by atoms with Crippen LogP contribution >= 0.6 is 0 Å². The third kappa shape index (κ3) is 5.47. The van der Waals surface area contributed by atoms with E-state index in [1.165, 1.54) is 12.4 Å². The number of ether oxygens (including phenoxy) is 3. The number of H-pyrrole nitrogens is 1. The predicted octanol–water partition coefficient (Wildman–Crippen LogP) is 2.07. The minimum atomic E-state index is -0.642. The first kappa shape index (κ1) is 22.3. The molecule has 1 aliphatic heterocycles. The molecule has 10 heteroatoms. The summed E-state index contributed by atoms with van der Waals surface area (Å²) in [5, 5.41) is 9.37. The summed E-state index contributed by atoms with van der Waals surface area (Å²) in [7, 11) is 0. The van der Waals surface area contributed by atoms with E-state index in [1.807, 2.05) is 31.2 Å². The number of aromatic nitrogens is 3. The number of hydrogen-bond acceptors (Lipinski definition) is 8. The molecule has 33 heavy (non-hydrogen) atoms. The van der Waals surface area contributed by atoms with Crippen LogP contribution in [0.5, 0.6) is 11.5 Å². The first-order valence-electron chi connectivity index (χ1n) is 10.5. The highest BCUT2D eigenvalue weighted by Crippen LogP contribution is 2.31. The van der Waals surface area contributed by atoms with Crippen LogP contribution in [0.4, 0.5) is 0 Å². The van der Waals surface area contributed by atoms with Crippen molar-refractivity contribution in [2.75, 3.05) is 13.2 Å². The van der Waals surface area contributed by atoms with Gasteiger partial charge in [0, 0.05) is 17.3 Å². The van der Waals surface area contributed by atoms with Crippen LogP contribution in [0.2, 0.25) is 0 Å². The Morgan fingerprint density at radius 1 is 1.24 bits per heavy atom. The fourth-order valence-electron chi connectivity index (χ4n) is 3.18. The Labute approximate surface area is 190 Å². The van der Waals surface area contributed by atoms with E-state index in [1.54, 1.807) is 13.0 Å². The van der Waals surface area contributed by atoms with E-state index in [-0.39, 0.29) is 31.1 Å². The van der Waals surface area contributed by atoms with E-state index in [0.717, 1.165) is 17.0 Å². The summed E-state index contributed by atoms with van der Waals surface area (Å²) in [6.45, 7) is 4.38. The molecule has 0 spiro atoms. The molecule has 1 aromatic carbocycles. The first-order valence-corrected chi connectivity index (χ1v) is 10.5. The molecule has 0 fully saturated rings. The first-order chi connectivity index (χ1) is 15.9. The predicted molar refractivity (Wildman–Crippen MR) is 120 cm³/mol. The molecule has 4 N–H and O–H groups in total. The lowest BCUT2D eigenvalue weighted by molar-refractivity contribution is 0.0995. The van der Waals surface area contributed by atoms with Gasteiger partial charge in [0.1, 0.15) is 41.7 Å². The van der Waals surface area contributed by atoms with Gasteiger partial charge >= 0.3 is 0 Å². The van der Waals surface area contributed by atoms with Crippen LogP contribution in [0.3, 0.4) is 0 Å². The van der Waals surface area contributed by atoms with Gasteiger partial charge in [0.15, 0.2) is 0 Å². The number of aliphatic hydroxyl groups excluding tert-OH is 1. The number of carbonyl (C=O) groups excluding carboxylic acids is 1. The maximum absolute atomic E-state index is 11.2. The average molecular weight is 451 g/mol. The van der Waals surface area contributed by atoms with Gasteiger partial charge in [0.05, 0.1) is 31.2 Å². The number of amides is 1. The maximum atomic E-state index is 11.2. The molecule has 3 heterocycles. The highest BCUT2D eigenvalue weighted by molar-refractivity contribution is 5.94. The molecule has 2 unspecified atom stereocenters. The number of aliphatic imine (C=N–C) groups is 1. The number of aromatic amines is 1. The zero-order valence-corrected chi connectivity index (χ0v) is 18.3. The molecular formula is C23H25N5O5. The van der Waals surface area contributed by atoms with E-state index >= 15 is 0 Å². The highest BCUT2D eigenvalue weighted by Gasteiger charge is 2.19. The Hall–Kier alpha value is -3.92. The Bertz CT molecular complexity index is 1160. The number of nitrogens with one attached hydrogen (secondary N) is 1. The number of aliphatic hydroxyl groups is 1. The van der Waals surface area contributed by atoms with Crippen molar-refractivity contribution in [3.05, 3.63) is 59.8 Å². The Balaban J connectivity index is 1.56. The largest absolute Gasteiger partial charge is 0.488 e. The van der Waals surface area contributed by atoms with Crippen molar-refractivity contribution in [3.8, 4) is 22.8 Å². The SMILES string of the molecule is CC1CN=C(c2ccc(-c3cc(OCc4cnc(C(N)=O)cn4)cc(OC(C)CO)c3)[nH]2)O1. The second kappa shape index (κ2) is 9.70. The van der Waals surface area contributed by atoms with Crippen molar-refractivity contribution in [3.63, 3.8) is 0 Å². The van der Waals surface area contributed by atoms with Gasteiger partial charge < -0.3 is 30.0 Å². The topological polar surface area (TPSA) is 145 Å². The highest BCUT2D eigenvalue weighted by atomic mass is 16.5. The number of primary amides is 1. The molecule has 1 amide bonds. The van der Waals surface area contributed by atoms with Gasteiger partial charge in [-0.05, 0) is 38.1 Å². The molecule has 10 nitrogen and oxygen atoms in total. The Kier molecular flexibility index (Phi) is 6.55. The van der Waals surface area contributed by atoms with Crippen molar-refractivity contribution in [1.29, 1.82) is 0 Å². The summed E-state index contributed by atoms with van der Waals surface area (Å²) in [4.78, 5) is 27.0. The molecule has 0 radical (unpaired) electrons. The van der Waals surface area contributed by atoms with Gasteiger partial charge in [-0.25, -0.2) is 9.98 Å². The number of hydrogen-bond donors (Lipinski definition) is 3. The van der Waals surface area contributed by atoms with Gasteiger partial charge in [-0.1, -0.05) is 0 Å². The third-order valence-corrected chi connectivity index (χ3v) is 4.85. The third-order valence-electron chi connectivity index (χ3n) is 4.85. The summed E-state index contributed by atoms with van der Waals surface area (Å²) in [6.07, 6.45) is 2.42. The van der Waals surface area contributed by atoms with Gasteiger partial charge in [-0.2, -0.15) is 0 Å². The minimum Gasteiger partial charge on any atom is -0.488 e. The number of nitrogens with two attached hydrogens (primary N) is 1. The quantitative estimate of drug-likeness (QED) is 0.451. The fraction of sp³-hybridized carbons (Fsp3) is 0.304. The summed E-state index contributed by atoms with van der Waals surface area (Å²) in [5.41, 5.74) is 8.25. The summed E-state index contributed by atoms with van der Waals surface area (Å²) < 4.78 is 17.4. The van der Waals surface area contributed by atoms with E-state index in [4.69, 9.17) is 19.9 Å². The monoisotopic (exact) mass is 451 g/mol. The molecular weight excluding hydrogens is 426 g/mol. The summed E-state index contributed by atoms with van der Waals surface area (Å²) in [5.74, 6) is 1.02. The molecule has 172 valence electrons. The number of rotatable bonds is 9. The van der Waals surface area contributed by atoms with E-state index < -0.39 is 5.91 Å². The van der Waals surface area contributed by atoms with E-state index in [2.05, 4.69) is 19.9 Å². The molecule has 1 aliphatic rings. The smallest absolute Gasteiger partial charge is 0.268 e. The second-order valence-electron chi connectivity index (χ2n) is 7.71. The van der Waals surface area contributed by atoms with Crippen molar-refractivity contribution in [2.45, 2.75) is 32.7 Å². The number of nitrogens with zero attached hydrogens (tertiary/aromatic N) is 3. The standard InChI is InChI=1S/C23H25N5O5/c1-13-8-27-23(33-13)20-4-3-19(28-20)15-5-17(7-18(6-15)32-14(2)11-29)31-12-16-9-26-21(10-25-16)22(24)30/h3-7,9-10,13-14,28-29H,8,11-12H2,1-2H3,(H2,24,30). The Morgan fingerprint density at radius 3 is 2.70 bits per heavy atom. The van der Waals surface area contributed by atoms with Gasteiger partial charge in [0.2, 0.25) is 5.90 Å². The van der Waals surface area contributed by atoms with Crippen molar-refractivity contribution in [2.24, 2.45) is 10.7 Å². The van der Waals surface area contributed by atoms with Gasteiger partial charge in [-0.3, -0.25) is 9.78 Å². The molecule has 2 atom stereocenters. The van der Waals surface area contributed by atoms with Crippen molar-refractivity contribution >= 4 is 11.8 Å².